The number of aliphatic imine (C=N–C) groups is 2. The van der Waals surface area contributed by atoms with Crippen LogP contribution in [0.1, 0.15) is 160 Å². The summed E-state index contributed by atoms with van der Waals surface area (Å²) in [5.74, 6) is -5.28. The minimum absolute atomic E-state index is 0.0341. The molecule has 7 atom stereocenters. The number of amides is 7. The van der Waals surface area contributed by atoms with Crippen LogP contribution in [0.25, 0.3) is 21.8 Å². The summed E-state index contributed by atoms with van der Waals surface area (Å²) in [5.41, 5.74) is 36.7. The van der Waals surface area contributed by atoms with Gasteiger partial charge in [0.1, 0.15) is 36.3 Å². The molecule has 0 fully saturated rings. The Morgan fingerprint density at radius 2 is 0.904 bits per heavy atom. The Balaban J connectivity index is 1.60. The Hall–Kier alpha value is -7.69. The van der Waals surface area contributed by atoms with Gasteiger partial charge < -0.3 is 76.3 Å². The predicted molar refractivity (Wildman–Crippen MR) is 328 cm³/mol. The van der Waals surface area contributed by atoms with Gasteiger partial charge in [0, 0.05) is 66.6 Å². The maximum absolute atomic E-state index is 15.0. The van der Waals surface area contributed by atoms with E-state index in [1.165, 1.54) is 44.9 Å². The van der Waals surface area contributed by atoms with Gasteiger partial charge in [-0.05, 0) is 87.1 Å². The summed E-state index contributed by atoms with van der Waals surface area (Å²) in [6, 6.07) is 7.70. The zero-order valence-corrected chi connectivity index (χ0v) is 49.2. The highest BCUT2D eigenvalue weighted by Gasteiger charge is 2.36. The van der Waals surface area contributed by atoms with Crippen LogP contribution in [-0.4, -0.2) is 119 Å². The summed E-state index contributed by atoms with van der Waals surface area (Å²) in [4.78, 5) is 114. The largest absolute Gasteiger partial charge is 0.370 e. The number of rotatable bonds is 42. The molecule has 20 N–H and O–H groups in total. The third-order valence-electron chi connectivity index (χ3n) is 15.0. The molecule has 0 unspecified atom stereocenters. The molecule has 0 saturated carbocycles. The van der Waals surface area contributed by atoms with E-state index in [0.29, 0.717) is 49.8 Å². The quantitative estimate of drug-likeness (QED) is 0.0171. The number of fused-ring (bicyclic) bond motifs is 2. The first-order valence-electron chi connectivity index (χ1n) is 30.0. The molecule has 83 heavy (non-hydrogen) atoms. The summed E-state index contributed by atoms with van der Waals surface area (Å²) < 4.78 is 0. The summed E-state index contributed by atoms with van der Waals surface area (Å²) in [5, 5.41) is 18.8. The number of primary amides is 1. The number of H-pyrrole nitrogens is 2. The monoisotopic (exact) mass is 1150 g/mol. The van der Waals surface area contributed by atoms with Gasteiger partial charge in [-0.2, -0.15) is 0 Å². The number of hydrogen-bond acceptors (Lipinski definition) is 10. The fourth-order valence-electron chi connectivity index (χ4n) is 10.0. The number of para-hydroxylation sites is 2. The molecular formula is C60H96N16O7. The van der Waals surface area contributed by atoms with Gasteiger partial charge in [0.2, 0.25) is 41.4 Å². The number of nitrogens with two attached hydrogens (primary N) is 6. The van der Waals surface area contributed by atoms with Crippen LogP contribution in [-0.2, 0) is 46.4 Å². The van der Waals surface area contributed by atoms with Crippen LogP contribution in [0.15, 0.2) is 70.9 Å². The van der Waals surface area contributed by atoms with Crippen LogP contribution >= 0.6 is 0 Å². The van der Waals surface area contributed by atoms with Crippen molar-refractivity contribution in [1.82, 2.24) is 41.9 Å². The summed E-state index contributed by atoms with van der Waals surface area (Å²) >= 11 is 0. The second kappa shape index (κ2) is 37.4. The van der Waals surface area contributed by atoms with Gasteiger partial charge in [-0.3, -0.25) is 43.5 Å². The van der Waals surface area contributed by atoms with E-state index in [9.17, 15) is 33.6 Å². The van der Waals surface area contributed by atoms with Gasteiger partial charge in [-0.25, -0.2) is 0 Å². The average molecular weight is 1150 g/mol. The van der Waals surface area contributed by atoms with Crippen molar-refractivity contribution in [3.63, 3.8) is 0 Å². The normalized spacial score (nSPS) is 13.8. The topological polar surface area (TPSA) is 404 Å². The van der Waals surface area contributed by atoms with Crippen molar-refractivity contribution in [3.05, 3.63) is 72.1 Å². The van der Waals surface area contributed by atoms with Gasteiger partial charge in [0.05, 0.1) is 0 Å². The molecule has 0 radical (unpaired) electrons. The van der Waals surface area contributed by atoms with E-state index in [2.05, 4.69) is 58.8 Å². The standard InChI is InChI=1S/C60H96N16O7/c1-4-6-7-8-9-10-11-12-13-14-15-31-51(77)71-47(28-20-21-32-61)54(79)73-48(30-23-34-68-60(65)66)55(80)76-52(39(3)5-2)58(83)75-50(36-41-38-70-45-27-19-17-25-43(41)45)57(82)74-49(35-40-37-69-44-26-18-16-24-42(40)44)56(81)72-46(53(62)78)29-22-33-67-59(63)64/h16-19,24-27,37-39,46-50,52,69-70H,4-15,20-23,28-36,61H2,1-3H3,(H2,62,78)(H,71,77)(H,72,81)(H,73,79)(H,74,82)(H,75,83)(H,76,80)(H4,63,64,67)(H4,65,66,68)/t39-,46-,47-,48-,49-,50-,52-/m0/s1. The maximum Gasteiger partial charge on any atom is 0.243 e. The van der Waals surface area contributed by atoms with Crippen LogP contribution in [0.4, 0.5) is 0 Å². The van der Waals surface area contributed by atoms with Gasteiger partial charge in [-0.1, -0.05) is 128 Å². The van der Waals surface area contributed by atoms with Crippen molar-refractivity contribution in [1.29, 1.82) is 0 Å². The van der Waals surface area contributed by atoms with Crippen molar-refractivity contribution in [2.45, 2.75) is 198 Å². The zero-order valence-electron chi connectivity index (χ0n) is 49.2. The van der Waals surface area contributed by atoms with E-state index in [-0.39, 0.29) is 75.9 Å². The van der Waals surface area contributed by atoms with Gasteiger partial charge in [0.15, 0.2) is 11.9 Å². The Labute approximate surface area is 489 Å². The Kier molecular flexibility index (Phi) is 30.6. The highest BCUT2D eigenvalue weighted by Crippen LogP contribution is 2.22. The Bertz CT molecular complexity index is 2710. The molecule has 23 nitrogen and oxygen atoms in total. The minimum Gasteiger partial charge on any atom is -0.370 e. The first-order chi connectivity index (χ1) is 39.9. The predicted octanol–water partition coefficient (Wildman–Crippen LogP) is 3.81. The number of unbranched alkanes of at least 4 members (excludes halogenated alkanes) is 11. The smallest absolute Gasteiger partial charge is 0.243 e. The van der Waals surface area contributed by atoms with Gasteiger partial charge >= 0.3 is 0 Å². The fourth-order valence-corrected chi connectivity index (χ4v) is 10.0. The zero-order chi connectivity index (χ0) is 60.5. The molecule has 4 aromatic rings. The maximum atomic E-state index is 15.0. The lowest BCUT2D eigenvalue weighted by Gasteiger charge is -2.29. The lowest BCUT2D eigenvalue weighted by Crippen LogP contribution is -2.61. The lowest BCUT2D eigenvalue weighted by atomic mass is 9.96. The minimum atomic E-state index is -1.34. The van der Waals surface area contributed by atoms with Crippen LogP contribution in [0.3, 0.4) is 0 Å². The first kappa shape index (κ1) is 67.8. The molecule has 23 heteroatoms. The van der Waals surface area contributed by atoms with Crippen molar-refractivity contribution in [2.24, 2.45) is 50.3 Å². The second-order valence-electron chi connectivity index (χ2n) is 21.7. The molecule has 7 amide bonds. The molecule has 0 aliphatic rings. The summed E-state index contributed by atoms with van der Waals surface area (Å²) in [6.45, 7) is 6.54. The van der Waals surface area contributed by atoms with Crippen LogP contribution in [0.2, 0.25) is 0 Å². The lowest BCUT2D eigenvalue weighted by molar-refractivity contribution is -0.136. The van der Waals surface area contributed by atoms with Gasteiger partial charge in [-0.15, -0.1) is 0 Å². The number of aromatic nitrogens is 2. The summed E-state index contributed by atoms with van der Waals surface area (Å²) in [7, 11) is 0. The highest BCUT2D eigenvalue weighted by atomic mass is 16.2. The van der Waals surface area contributed by atoms with Gasteiger partial charge in [0.25, 0.3) is 0 Å². The number of carbonyl (C=O) groups is 7. The van der Waals surface area contributed by atoms with E-state index in [1.54, 1.807) is 19.3 Å². The SMILES string of the molecule is CCCCCCCCCCCCCC(=O)N[C@@H](CCCCN)C(=O)N[C@@H](CCCN=C(N)N)C(=O)N[C@H](C(=O)N[C@@H](Cc1c[nH]c2ccccc12)C(=O)N[C@@H](Cc1c[nH]c2ccccc12)C(=O)N[C@@H](CCCN=C(N)N)C(N)=O)[C@@H](C)CC. The third kappa shape index (κ3) is 24.4. The number of guanidine groups is 2. The van der Waals surface area contributed by atoms with Crippen LogP contribution in [0.5, 0.6) is 0 Å². The molecule has 2 aromatic heterocycles. The van der Waals surface area contributed by atoms with Crippen LogP contribution < -0.4 is 66.3 Å². The summed E-state index contributed by atoms with van der Waals surface area (Å²) in [6.07, 6.45) is 18.7. The number of hydrogen-bond donors (Lipinski definition) is 14. The number of carbonyl (C=O) groups excluding carboxylic acids is 7. The highest BCUT2D eigenvalue weighted by molar-refractivity contribution is 5.98. The molecule has 2 heterocycles. The van der Waals surface area contributed by atoms with E-state index >= 15 is 0 Å². The Morgan fingerprint density at radius 1 is 0.482 bits per heavy atom. The molecule has 0 bridgehead atoms. The molecule has 0 aliphatic carbocycles. The number of aromatic amines is 2. The van der Waals surface area contributed by atoms with E-state index in [1.807, 2.05) is 55.5 Å². The van der Waals surface area contributed by atoms with Crippen molar-refractivity contribution in [2.75, 3.05) is 19.6 Å². The van der Waals surface area contributed by atoms with E-state index < -0.39 is 77.6 Å². The molecule has 458 valence electrons. The van der Waals surface area contributed by atoms with Crippen molar-refractivity contribution < 1.29 is 33.6 Å². The second-order valence-corrected chi connectivity index (χ2v) is 21.7. The number of benzene rings is 2. The fraction of sp³-hybridized carbons (Fsp3) is 0.583. The average Bonchev–Trinajstić information content (AvgIpc) is 4.28. The molecule has 0 spiro atoms. The van der Waals surface area contributed by atoms with E-state index in [0.717, 1.165) is 41.1 Å². The number of nitrogens with one attached hydrogen (secondary N) is 8. The molecule has 4 rings (SSSR count). The number of nitrogens with zero attached hydrogens (tertiary/aromatic N) is 2. The van der Waals surface area contributed by atoms with Crippen molar-refractivity contribution in [3.8, 4) is 0 Å². The third-order valence-corrected chi connectivity index (χ3v) is 15.0. The molecule has 0 saturated heterocycles. The molecule has 2 aromatic carbocycles. The molecule has 0 aliphatic heterocycles. The Morgan fingerprint density at radius 3 is 1.40 bits per heavy atom. The van der Waals surface area contributed by atoms with E-state index in [4.69, 9.17) is 34.4 Å². The van der Waals surface area contributed by atoms with Crippen LogP contribution in [0, 0.1) is 5.92 Å². The molecular weight excluding hydrogens is 1060 g/mol. The first-order valence-corrected chi connectivity index (χ1v) is 30.0. The van der Waals surface area contributed by atoms with Crippen molar-refractivity contribution >= 4 is 75.1 Å².